The Bertz CT molecular complexity index is 1340. The van der Waals surface area contributed by atoms with Gasteiger partial charge >= 0.3 is 16.2 Å². The van der Waals surface area contributed by atoms with E-state index in [-0.39, 0.29) is 12.3 Å². The summed E-state index contributed by atoms with van der Waals surface area (Å²) >= 11 is 0. The smallest absolute Gasteiger partial charge is 0.432 e. The van der Waals surface area contributed by atoms with Crippen LogP contribution in [0.2, 0.25) is 0 Å². The van der Waals surface area contributed by atoms with Gasteiger partial charge < -0.3 is 10.5 Å². The van der Waals surface area contributed by atoms with Crippen LogP contribution in [0.3, 0.4) is 0 Å². The van der Waals surface area contributed by atoms with Gasteiger partial charge in [-0.05, 0) is 105 Å². The van der Waals surface area contributed by atoms with E-state index in [9.17, 15) is 13.2 Å². The molecule has 0 aliphatic carbocycles. The molecule has 3 aromatic carbocycles. The van der Waals surface area contributed by atoms with Crippen LogP contribution in [0.15, 0.2) is 47.4 Å². The summed E-state index contributed by atoms with van der Waals surface area (Å²) in [4.78, 5) is 11.5. The average Bonchev–Trinajstić information content (AvgIpc) is 2.74. The lowest BCUT2D eigenvalue weighted by atomic mass is 10.1. The first-order valence-corrected chi connectivity index (χ1v) is 14.5. The van der Waals surface area contributed by atoms with Crippen molar-refractivity contribution in [3.8, 4) is 0 Å². The second-order valence-electron chi connectivity index (χ2n) is 11.3. The summed E-state index contributed by atoms with van der Waals surface area (Å²) in [6, 6.07) is 14.2. The Balaban J connectivity index is 0.000000662. The number of aryl methyl sites for hydroxylation is 9. The van der Waals surface area contributed by atoms with Gasteiger partial charge in [-0.1, -0.05) is 77.7 Å². The Morgan fingerprint density at radius 1 is 0.659 bits per heavy atom. The SMILES string of the molecule is C.Cc1cc(C)c(N)c(C)c1.Cc1cc(C)c(S(=O)(=O)ONC(=O)OC(C)(C)C)c(C)c1.Cc1cc(C)cc(C)c1. The molecule has 228 valence electrons. The number of nitrogens with two attached hydrogens (primary N) is 1. The molecule has 0 saturated heterocycles. The molecule has 0 atom stereocenters. The zero-order chi connectivity index (χ0) is 31.0. The van der Waals surface area contributed by atoms with Gasteiger partial charge in [-0.15, -0.1) is 4.28 Å². The van der Waals surface area contributed by atoms with Crippen molar-refractivity contribution < 1.29 is 22.2 Å². The van der Waals surface area contributed by atoms with Gasteiger partial charge in [-0.3, -0.25) is 0 Å². The number of anilines is 1. The second kappa shape index (κ2) is 15.6. The maximum absolute atomic E-state index is 12.2. The van der Waals surface area contributed by atoms with Gasteiger partial charge in [0.1, 0.15) is 10.5 Å². The highest BCUT2D eigenvalue weighted by Gasteiger charge is 2.24. The first-order chi connectivity index (χ1) is 18.2. The molecule has 3 rings (SSSR count). The fourth-order valence-corrected chi connectivity index (χ4v) is 5.55. The fourth-order valence-electron chi connectivity index (χ4n) is 4.38. The van der Waals surface area contributed by atoms with Crippen LogP contribution in [0.1, 0.15) is 78.3 Å². The molecule has 3 N–H and O–H groups in total. The molecular weight excluding hydrogens is 536 g/mol. The first-order valence-electron chi connectivity index (χ1n) is 13.1. The molecule has 0 bridgehead atoms. The van der Waals surface area contributed by atoms with E-state index in [0.717, 1.165) is 11.3 Å². The van der Waals surface area contributed by atoms with E-state index in [4.69, 9.17) is 10.5 Å². The fraction of sp³-hybridized carbons (Fsp3) is 0.424. The van der Waals surface area contributed by atoms with Crippen molar-refractivity contribution in [3.05, 3.63) is 92.5 Å². The number of carbonyl (C=O) groups is 1. The monoisotopic (exact) mass is 586 g/mol. The summed E-state index contributed by atoms with van der Waals surface area (Å²) in [7, 11) is -4.10. The van der Waals surface area contributed by atoms with Gasteiger partial charge in [-0.2, -0.15) is 13.9 Å². The highest BCUT2D eigenvalue weighted by Crippen LogP contribution is 2.23. The summed E-state index contributed by atoms with van der Waals surface area (Å²) in [5.41, 5.74) is 17.5. The lowest BCUT2D eigenvalue weighted by Crippen LogP contribution is -2.34. The highest BCUT2D eigenvalue weighted by molar-refractivity contribution is 7.86. The normalized spacial score (nSPS) is 10.7. The van der Waals surface area contributed by atoms with Gasteiger partial charge in [0, 0.05) is 5.69 Å². The summed E-state index contributed by atoms with van der Waals surface area (Å²) < 4.78 is 33.8. The molecule has 0 aliphatic rings. The number of benzene rings is 3. The zero-order valence-electron chi connectivity index (χ0n) is 26.1. The maximum Gasteiger partial charge on any atom is 0.432 e. The van der Waals surface area contributed by atoms with Crippen LogP contribution in [-0.4, -0.2) is 20.1 Å². The largest absolute Gasteiger partial charge is 0.442 e. The summed E-state index contributed by atoms with van der Waals surface area (Å²) in [6.07, 6.45) is -0.964. The van der Waals surface area contributed by atoms with Gasteiger partial charge in [0.25, 0.3) is 0 Å². The van der Waals surface area contributed by atoms with Gasteiger partial charge in [0.15, 0.2) is 0 Å². The summed E-state index contributed by atoms with van der Waals surface area (Å²) in [6.45, 7) is 22.7. The van der Waals surface area contributed by atoms with Crippen molar-refractivity contribution in [2.24, 2.45) is 0 Å². The minimum Gasteiger partial charge on any atom is -0.442 e. The van der Waals surface area contributed by atoms with Crippen molar-refractivity contribution in [1.82, 2.24) is 5.48 Å². The van der Waals surface area contributed by atoms with Crippen molar-refractivity contribution in [2.45, 2.75) is 101 Å². The third kappa shape index (κ3) is 13.2. The molecular formula is C33H50N2O5S. The summed E-state index contributed by atoms with van der Waals surface area (Å²) in [5, 5.41) is 0. The van der Waals surface area contributed by atoms with Gasteiger partial charge in [0.05, 0.1) is 0 Å². The van der Waals surface area contributed by atoms with Crippen molar-refractivity contribution in [2.75, 3.05) is 5.73 Å². The molecule has 0 unspecified atom stereocenters. The van der Waals surface area contributed by atoms with E-state index in [2.05, 4.69) is 62.3 Å². The standard InChI is InChI=1S/C14H21NO5S.C9H13N.C9H12.CH4/c1-9-7-10(2)12(11(3)8-9)21(17,18)20-15-13(16)19-14(4,5)6;1-6-4-7(2)9(10)8(3)5-6;1-7-4-8(2)6-9(3)5-7;/h7-8H,1-6H3,(H,15,16);4-5H,10H2,1-3H3;4-6H,1-3H3;1H4. The highest BCUT2D eigenvalue weighted by atomic mass is 32.2. The zero-order valence-corrected chi connectivity index (χ0v) is 26.9. The molecule has 0 radical (unpaired) electrons. The van der Waals surface area contributed by atoms with E-state index in [0.29, 0.717) is 11.1 Å². The van der Waals surface area contributed by atoms with Crippen LogP contribution < -0.4 is 11.2 Å². The lowest BCUT2D eigenvalue weighted by molar-refractivity contribution is 0.0298. The van der Waals surface area contributed by atoms with Crippen molar-refractivity contribution in [3.63, 3.8) is 0 Å². The van der Waals surface area contributed by atoms with Crippen LogP contribution in [0, 0.1) is 62.3 Å². The molecule has 0 fully saturated rings. The summed E-state index contributed by atoms with van der Waals surface area (Å²) in [5.74, 6) is 0. The van der Waals surface area contributed by atoms with Crippen LogP contribution in [0.25, 0.3) is 0 Å². The molecule has 7 nitrogen and oxygen atoms in total. The molecule has 0 heterocycles. The molecule has 1 amide bonds. The number of hydrogen-bond donors (Lipinski definition) is 2. The third-order valence-electron chi connectivity index (χ3n) is 5.59. The lowest BCUT2D eigenvalue weighted by Gasteiger charge is -2.19. The number of nitrogens with one attached hydrogen (secondary N) is 1. The number of amides is 1. The Labute approximate surface area is 248 Å². The molecule has 0 spiro atoms. The number of rotatable bonds is 3. The molecule has 8 heteroatoms. The minimum absolute atomic E-state index is 0. The quantitative estimate of drug-likeness (QED) is 0.237. The topological polar surface area (TPSA) is 108 Å². The second-order valence-corrected chi connectivity index (χ2v) is 12.8. The van der Waals surface area contributed by atoms with E-state index in [1.165, 1.54) is 33.4 Å². The molecule has 0 saturated carbocycles. The Hall–Kier alpha value is -3.36. The van der Waals surface area contributed by atoms with E-state index < -0.39 is 21.8 Å². The van der Waals surface area contributed by atoms with Gasteiger partial charge in [0.2, 0.25) is 0 Å². The third-order valence-corrected chi connectivity index (χ3v) is 7.04. The number of carbonyl (C=O) groups excluding carboxylic acids is 1. The number of hydrogen-bond acceptors (Lipinski definition) is 6. The Morgan fingerprint density at radius 3 is 1.32 bits per heavy atom. The van der Waals surface area contributed by atoms with Crippen molar-refractivity contribution >= 4 is 21.9 Å². The molecule has 0 aliphatic heterocycles. The average molecular weight is 587 g/mol. The van der Waals surface area contributed by atoms with Crippen LogP contribution in [0.4, 0.5) is 10.5 Å². The van der Waals surface area contributed by atoms with E-state index >= 15 is 0 Å². The number of ether oxygens (including phenoxy) is 1. The van der Waals surface area contributed by atoms with Crippen LogP contribution in [-0.2, 0) is 19.1 Å². The first kappa shape index (κ1) is 37.6. The van der Waals surface area contributed by atoms with E-state index in [1.807, 2.05) is 20.8 Å². The maximum atomic E-state index is 12.2. The molecule has 41 heavy (non-hydrogen) atoms. The Morgan fingerprint density at radius 2 is 0.976 bits per heavy atom. The van der Waals surface area contributed by atoms with Crippen LogP contribution in [0.5, 0.6) is 0 Å². The van der Waals surface area contributed by atoms with E-state index in [1.54, 1.807) is 52.2 Å². The molecule has 0 aromatic heterocycles. The Kier molecular flexibility index (Phi) is 14.3. The van der Waals surface area contributed by atoms with Crippen LogP contribution >= 0.6 is 0 Å². The number of hydroxylamine groups is 1. The predicted molar refractivity (Wildman–Crippen MR) is 171 cm³/mol. The number of nitrogen functional groups attached to an aromatic ring is 1. The minimum atomic E-state index is -4.10. The van der Waals surface area contributed by atoms with Crippen molar-refractivity contribution in [1.29, 1.82) is 0 Å². The van der Waals surface area contributed by atoms with Gasteiger partial charge in [-0.25, -0.2) is 4.79 Å². The predicted octanol–water partition coefficient (Wildman–Crippen LogP) is 8.20. The molecule has 3 aromatic rings.